The summed E-state index contributed by atoms with van der Waals surface area (Å²) in [6.07, 6.45) is 6.11. The van der Waals surface area contributed by atoms with Crippen molar-refractivity contribution in [3.05, 3.63) is 59.9 Å². The van der Waals surface area contributed by atoms with E-state index in [9.17, 15) is 4.79 Å². The first-order chi connectivity index (χ1) is 11.3. The van der Waals surface area contributed by atoms with Crippen LogP contribution in [-0.4, -0.2) is 30.5 Å². The molecule has 2 heterocycles. The molecule has 0 atom stereocenters. The number of hydrogen-bond donors (Lipinski definition) is 1. The molecule has 1 saturated heterocycles. The van der Waals surface area contributed by atoms with E-state index in [0.29, 0.717) is 6.54 Å². The van der Waals surface area contributed by atoms with Gasteiger partial charge in [-0.2, -0.15) is 0 Å². The van der Waals surface area contributed by atoms with Crippen LogP contribution in [0.3, 0.4) is 0 Å². The van der Waals surface area contributed by atoms with Gasteiger partial charge in [0.05, 0.1) is 0 Å². The van der Waals surface area contributed by atoms with E-state index in [1.54, 1.807) is 6.20 Å². The lowest BCUT2D eigenvalue weighted by Gasteiger charge is -2.17. The van der Waals surface area contributed by atoms with Gasteiger partial charge in [-0.1, -0.05) is 6.07 Å². The summed E-state index contributed by atoms with van der Waals surface area (Å²) in [7, 11) is 0. The van der Waals surface area contributed by atoms with Crippen LogP contribution >= 0.6 is 0 Å². The van der Waals surface area contributed by atoms with Crippen molar-refractivity contribution in [2.75, 3.05) is 24.5 Å². The Kier molecular flexibility index (Phi) is 5.25. The Labute approximate surface area is 137 Å². The molecule has 1 fully saturated rings. The van der Waals surface area contributed by atoms with Crippen LogP contribution in [0.2, 0.25) is 0 Å². The highest BCUT2D eigenvalue weighted by Gasteiger charge is 2.12. The smallest absolute Gasteiger partial charge is 0.251 e. The van der Waals surface area contributed by atoms with E-state index in [4.69, 9.17) is 0 Å². The molecule has 23 heavy (non-hydrogen) atoms. The zero-order valence-corrected chi connectivity index (χ0v) is 13.4. The van der Waals surface area contributed by atoms with E-state index in [1.165, 1.54) is 18.5 Å². The van der Waals surface area contributed by atoms with Crippen LogP contribution in [-0.2, 0) is 6.42 Å². The third kappa shape index (κ3) is 4.31. The van der Waals surface area contributed by atoms with E-state index in [2.05, 4.69) is 15.2 Å². The quantitative estimate of drug-likeness (QED) is 0.834. The monoisotopic (exact) mass is 309 g/mol. The van der Waals surface area contributed by atoms with Gasteiger partial charge < -0.3 is 10.2 Å². The average molecular weight is 309 g/mol. The fourth-order valence-corrected chi connectivity index (χ4v) is 2.92. The molecule has 0 radical (unpaired) electrons. The van der Waals surface area contributed by atoms with Crippen LogP contribution in [0, 0.1) is 0 Å². The predicted molar refractivity (Wildman–Crippen MR) is 92.8 cm³/mol. The second-order valence-electron chi connectivity index (χ2n) is 5.92. The molecule has 120 valence electrons. The summed E-state index contributed by atoms with van der Waals surface area (Å²) in [6, 6.07) is 13.9. The van der Waals surface area contributed by atoms with Gasteiger partial charge in [0.25, 0.3) is 5.91 Å². The highest BCUT2D eigenvalue weighted by Crippen LogP contribution is 2.20. The molecule has 3 rings (SSSR count). The fraction of sp³-hybridized carbons (Fsp3) is 0.368. The van der Waals surface area contributed by atoms with Crippen molar-refractivity contribution in [2.45, 2.75) is 25.7 Å². The molecular weight excluding hydrogens is 286 g/mol. The first-order valence-electron chi connectivity index (χ1n) is 8.36. The van der Waals surface area contributed by atoms with Crippen LogP contribution in [0.4, 0.5) is 5.69 Å². The van der Waals surface area contributed by atoms with Crippen LogP contribution in [0.15, 0.2) is 48.7 Å². The molecule has 4 heteroatoms. The van der Waals surface area contributed by atoms with Gasteiger partial charge in [-0.15, -0.1) is 0 Å². The Bertz CT molecular complexity index is 619. The van der Waals surface area contributed by atoms with Crippen molar-refractivity contribution >= 4 is 11.6 Å². The zero-order valence-electron chi connectivity index (χ0n) is 13.4. The molecular formula is C19H23N3O. The number of pyridine rings is 1. The van der Waals surface area contributed by atoms with Gasteiger partial charge in [0.1, 0.15) is 0 Å². The Morgan fingerprint density at radius 2 is 1.87 bits per heavy atom. The molecule has 1 aromatic heterocycles. The minimum atomic E-state index is -0.000933. The van der Waals surface area contributed by atoms with E-state index in [-0.39, 0.29) is 5.91 Å². The Morgan fingerprint density at radius 3 is 2.57 bits per heavy atom. The van der Waals surface area contributed by atoms with Crippen LogP contribution in [0.1, 0.15) is 35.3 Å². The van der Waals surface area contributed by atoms with Crippen molar-refractivity contribution in [2.24, 2.45) is 0 Å². The maximum Gasteiger partial charge on any atom is 0.251 e. The molecule has 2 aromatic rings. The maximum absolute atomic E-state index is 12.1. The van der Waals surface area contributed by atoms with Crippen LogP contribution in [0.5, 0.6) is 0 Å². The van der Waals surface area contributed by atoms with Gasteiger partial charge in [0, 0.05) is 42.8 Å². The lowest BCUT2D eigenvalue weighted by molar-refractivity contribution is 0.0953. The van der Waals surface area contributed by atoms with Gasteiger partial charge in [-0.25, -0.2) is 0 Å². The second-order valence-corrected chi connectivity index (χ2v) is 5.92. The van der Waals surface area contributed by atoms with Gasteiger partial charge in [-0.3, -0.25) is 9.78 Å². The number of benzene rings is 1. The molecule has 0 spiro atoms. The number of nitrogens with zero attached hydrogens (tertiary/aromatic N) is 2. The van der Waals surface area contributed by atoms with Gasteiger partial charge >= 0.3 is 0 Å². The number of nitrogens with one attached hydrogen (secondary N) is 1. The number of aryl methyl sites for hydroxylation is 1. The SMILES string of the molecule is O=C(NCCCc1ccccn1)c1ccc(N2CCCC2)cc1. The topological polar surface area (TPSA) is 45.2 Å². The van der Waals surface area contributed by atoms with E-state index < -0.39 is 0 Å². The minimum absolute atomic E-state index is 0.000933. The minimum Gasteiger partial charge on any atom is -0.372 e. The second kappa shape index (κ2) is 7.77. The molecule has 0 bridgehead atoms. The number of carbonyl (C=O) groups excluding carboxylic acids is 1. The Morgan fingerprint density at radius 1 is 1.09 bits per heavy atom. The van der Waals surface area contributed by atoms with Crippen molar-refractivity contribution in [1.29, 1.82) is 0 Å². The number of carbonyl (C=O) groups is 1. The summed E-state index contributed by atoms with van der Waals surface area (Å²) in [4.78, 5) is 18.8. The number of rotatable bonds is 6. The number of hydrogen-bond acceptors (Lipinski definition) is 3. The third-order valence-corrected chi connectivity index (χ3v) is 4.22. The fourth-order valence-electron chi connectivity index (χ4n) is 2.92. The molecule has 1 aliphatic heterocycles. The molecule has 1 aromatic carbocycles. The average Bonchev–Trinajstić information content (AvgIpc) is 3.14. The van der Waals surface area contributed by atoms with Crippen molar-refractivity contribution in [3.63, 3.8) is 0 Å². The lowest BCUT2D eigenvalue weighted by Crippen LogP contribution is -2.25. The lowest BCUT2D eigenvalue weighted by atomic mass is 10.1. The first kappa shape index (κ1) is 15.5. The van der Waals surface area contributed by atoms with Gasteiger partial charge in [0.15, 0.2) is 0 Å². The largest absolute Gasteiger partial charge is 0.372 e. The highest BCUT2D eigenvalue weighted by atomic mass is 16.1. The van der Waals surface area contributed by atoms with E-state index in [1.807, 2.05) is 42.5 Å². The van der Waals surface area contributed by atoms with E-state index >= 15 is 0 Å². The molecule has 1 amide bonds. The van der Waals surface area contributed by atoms with Crippen molar-refractivity contribution in [3.8, 4) is 0 Å². The maximum atomic E-state index is 12.1. The van der Waals surface area contributed by atoms with Crippen molar-refractivity contribution in [1.82, 2.24) is 10.3 Å². The standard InChI is InChI=1S/C19H23N3O/c23-19(21-13-5-7-17-6-1-2-12-20-17)16-8-10-18(11-9-16)22-14-3-4-15-22/h1-2,6,8-12H,3-5,7,13-15H2,(H,21,23). The Hall–Kier alpha value is -2.36. The Balaban J connectivity index is 1.44. The van der Waals surface area contributed by atoms with Gasteiger partial charge in [-0.05, 0) is 62.1 Å². The van der Waals surface area contributed by atoms with Crippen LogP contribution in [0.25, 0.3) is 0 Å². The predicted octanol–water partition coefficient (Wildman–Crippen LogP) is 3.04. The summed E-state index contributed by atoms with van der Waals surface area (Å²) in [5.41, 5.74) is 3.01. The first-order valence-corrected chi connectivity index (χ1v) is 8.36. The van der Waals surface area contributed by atoms with Crippen molar-refractivity contribution < 1.29 is 4.79 Å². The molecule has 0 unspecified atom stereocenters. The summed E-state index contributed by atoms with van der Waals surface area (Å²) in [6.45, 7) is 2.92. The normalized spacial score (nSPS) is 14.0. The number of aromatic nitrogens is 1. The summed E-state index contributed by atoms with van der Waals surface area (Å²) in [5, 5.41) is 2.98. The van der Waals surface area contributed by atoms with E-state index in [0.717, 1.165) is 37.2 Å². The molecule has 1 N–H and O–H groups in total. The molecule has 1 aliphatic rings. The summed E-state index contributed by atoms with van der Waals surface area (Å²) < 4.78 is 0. The molecule has 4 nitrogen and oxygen atoms in total. The number of amides is 1. The zero-order chi connectivity index (χ0) is 15.9. The van der Waals surface area contributed by atoms with Crippen LogP contribution < -0.4 is 10.2 Å². The summed E-state index contributed by atoms with van der Waals surface area (Å²) in [5.74, 6) is -0.000933. The van der Waals surface area contributed by atoms with Gasteiger partial charge in [0.2, 0.25) is 0 Å². The number of anilines is 1. The summed E-state index contributed by atoms with van der Waals surface area (Å²) >= 11 is 0. The highest BCUT2D eigenvalue weighted by molar-refractivity contribution is 5.94. The third-order valence-electron chi connectivity index (χ3n) is 4.22. The molecule has 0 saturated carbocycles. The molecule has 0 aliphatic carbocycles.